The van der Waals surface area contributed by atoms with Crippen LogP contribution in [0.15, 0.2) is 52.7 Å². The molecule has 4 nitrogen and oxygen atoms in total. The monoisotopic (exact) mass is 346 g/mol. The molecule has 0 radical (unpaired) electrons. The van der Waals surface area contributed by atoms with E-state index >= 15 is 0 Å². The van der Waals surface area contributed by atoms with Gasteiger partial charge in [-0.3, -0.25) is 0 Å². The molecule has 0 amide bonds. The van der Waals surface area contributed by atoms with Crippen LogP contribution in [-0.2, 0) is 5.75 Å². The van der Waals surface area contributed by atoms with E-state index in [9.17, 15) is 0 Å². The molecule has 0 saturated carbocycles. The number of nitrogens with zero attached hydrogens (tertiary/aromatic N) is 3. The average molecular weight is 347 g/mol. The molecular formula is C15H14N4S3. The molecule has 0 aliphatic heterocycles. The van der Waals surface area contributed by atoms with Crippen molar-refractivity contribution < 1.29 is 0 Å². The van der Waals surface area contributed by atoms with Gasteiger partial charge in [-0.15, -0.1) is 28.1 Å². The fraction of sp³-hybridized carbons (Fsp3) is 0.133. The minimum Gasteiger partial charge on any atom is -0.357 e. The normalized spacial score (nSPS) is 10.5. The summed E-state index contributed by atoms with van der Waals surface area (Å²) in [7, 11) is 0. The molecule has 3 rings (SSSR count). The lowest BCUT2D eigenvalue weighted by molar-refractivity contribution is 1.01. The van der Waals surface area contributed by atoms with Gasteiger partial charge < -0.3 is 5.32 Å². The van der Waals surface area contributed by atoms with Crippen LogP contribution in [0.1, 0.15) is 5.69 Å². The van der Waals surface area contributed by atoms with E-state index in [1.54, 1.807) is 40.5 Å². The van der Waals surface area contributed by atoms with E-state index in [2.05, 4.69) is 44.6 Å². The number of aromatic nitrogens is 3. The van der Waals surface area contributed by atoms with Crippen molar-refractivity contribution >= 4 is 39.6 Å². The fourth-order valence-electron chi connectivity index (χ4n) is 1.72. The molecule has 112 valence electrons. The summed E-state index contributed by atoms with van der Waals surface area (Å²) >= 11 is 4.89. The van der Waals surface area contributed by atoms with Crippen molar-refractivity contribution in [2.24, 2.45) is 0 Å². The van der Waals surface area contributed by atoms with Gasteiger partial charge >= 0.3 is 0 Å². The van der Waals surface area contributed by atoms with E-state index in [1.165, 1.54) is 0 Å². The van der Waals surface area contributed by atoms with Gasteiger partial charge in [0.05, 0.1) is 5.69 Å². The number of anilines is 1. The van der Waals surface area contributed by atoms with Gasteiger partial charge in [0.25, 0.3) is 0 Å². The Hall–Kier alpha value is -1.70. The molecule has 0 aliphatic rings. The van der Waals surface area contributed by atoms with Crippen molar-refractivity contribution in [3.05, 3.63) is 54.1 Å². The molecule has 1 aromatic carbocycles. The molecule has 1 N–H and O–H groups in total. The second kappa shape index (κ2) is 7.53. The minimum absolute atomic E-state index is 0.700. The summed E-state index contributed by atoms with van der Waals surface area (Å²) in [6.45, 7) is 4.37. The Morgan fingerprint density at radius 2 is 2.09 bits per heavy atom. The van der Waals surface area contributed by atoms with Gasteiger partial charge in [-0.2, -0.15) is 0 Å². The zero-order valence-corrected chi connectivity index (χ0v) is 14.2. The SMILES string of the molecule is C=CCNc1nnc(SCc2csc(-c3ccccc3)n2)s1. The van der Waals surface area contributed by atoms with Gasteiger partial charge in [-0.1, -0.05) is 59.5 Å². The minimum atomic E-state index is 0.700. The number of benzene rings is 1. The average Bonchev–Trinajstić information content (AvgIpc) is 3.21. The van der Waals surface area contributed by atoms with E-state index in [1.807, 2.05) is 18.2 Å². The standard InChI is InChI=1S/C15H14N4S3/c1-2-8-16-14-18-19-15(22-14)21-10-12-9-20-13(17-12)11-6-4-3-5-7-11/h2-7,9H,1,8,10H2,(H,16,18). The highest BCUT2D eigenvalue weighted by Gasteiger charge is 2.08. The van der Waals surface area contributed by atoms with Crippen molar-refractivity contribution in [2.75, 3.05) is 11.9 Å². The van der Waals surface area contributed by atoms with Crippen LogP contribution in [0.4, 0.5) is 5.13 Å². The molecule has 2 aromatic heterocycles. The highest BCUT2D eigenvalue weighted by atomic mass is 32.2. The van der Waals surface area contributed by atoms with Crippen LogP contribution in [0.25, 0.3) is 10.6 Å². The third kappa shape index (κ3) is 3.94. The summed E-state index contributed by atoms with van der Waals surface area (Å²) in [6, 6.07) is 10.2. The Morgan fingerprint density at radius 3 is 2.91 bits per heavy atom. The van der Waals surface area contributed by atoms with Gasteiger partial charge in [0, 0.05) is 23.2 Å². The van der Waals surface area contributed by atoms with Gasteiger partial charge in [-0.05, 0) is 0 Å². The van der Waals surface area contributed by atoms with Crippen molar-refractivity contribution in [3.8, 4) is 10.6 Å². The van der Waals surface area contributed by atoms with Crippen LogP contribution in [0.5, 0.6) is 0 Å². The van der Waals surface area contributed by atoms with Crippen molar-refractivity contribution in [1.29, 1.82) is 0 Å². The molecule has 0 atom stereocenters. The Labute approximate surface area is 141 Å². The molecule has 0 bridgehead atoms. The highest BCUT2D eigenvalue weighted by molar-refractivity contribution is 8.00. The fourth-order valence-corrected chi connectivity index (χ4v) is 4.30. The summed E-state index contributed by atoms with van der Waals surface area (Å²) < 4.78 is 0.945. The summed E-state index contributed by atoms with van der Waals surface area (Å²) in [5.74, 6) is 0.805. The summed E-state index contributed by atoms with van der Waals surface area (Å²) in [6.07, 6.45) is 1.80. The topological polar surface area (TPSA) is 50.7 Å². The smallest absolute Gasteiger partial charge is 0.206 e. The Bertz CT molecular complexity index is 736. The van der Waals surface area contributed by atoms with E-state index in [0.717, 1.165) is 31.5 Å². The lowest BCUT2D eigenvalue weighted by atomic mass is 10.2. The summed E-state index contributed by atoms with van der Waals surface area (Å²) in [4.78, 5) is 4.68. The van der Waals surface area contributed by atoms with Crippen LogP contribution in [-0.4, -0.2) is 21.7 Å². The van der Waals surface area contributed by atoms with Gasteiger partial charge in [0.15, 0.2) is 4.34 Å². The molecule has 2 heterocycles. The first-order valence-corrected chi connectivity index (χ1v) is 9.34. The van der Waals surface area contributed by atoms with Crippen molar-refractivity contribution in [2.45, 2.75) is 10.1 Å². The predicted molar refractivity (Wildman–Crippen MR) is 95.7 cm³/mol. The number of rotatable bonds is 7. The molecule has 0 unspecified atom stereocenters. The number of hydrogen-bond acceptors (Lipinski definition) is 7. The summed E-state index contributed by atoms with van der Waals surface area (Å²) in [5.41, 5.74) is 2.24. The second-order valence-corrected chi connectivity index (χ2v) is 7.40. The number of nitrogens with one attached hydrogen (secondary N) is 1. The quantitative estimate of drug-likeness (QED) is 0.502. The van der Waals surface area contributed by atoms with E-state index < -0.39 is 0 Å². The third-order valence-electron chi connectivity index (χ3n) is 2.72. The molecule has 7 heteroatoms. The zero-order valence-electron chi connectivity index (χ0n) is 11.7. The van der Waals surface area contributed by atoms with Gasteiger partial charge in [0.2, 0.25) is 5.13 Å². The lowest BCUT2D eigenvalue weighted by Gasteiger charge is -1.95. The molecule has 3 aromatic rings. The number of thioether (sulfide) groups is 1. The second-order valence-electron chi connectivity index (χ2n) is 4.34. The maximum atomic E-state index is 4.68. The number of thiazole rings is 1. The highest BCUT2D eigenvalue weighted by Crippen LogP contribution is 2.30. The molecular weight excluding hydrogens is 332 g/mol. The Balaban J connectivity index is 1.59. The predicted octanol–water partition coefficient (Wildman–Crippen LogP) is 4.55. The third-order valence-corrected chi connectivity index (χ3v) is 5.71. The molecule has 22 heavy (non-hydrogen) atoms. The first-order chi connectivity index (χ1) is 10.8. The van der Waals surface area contributed by atoms with E-state index in [-0.39, 0.29) is 0 Å². The van der Waals surface area contributed by atoms with Crippen LogP contribution < -0.4 is 5.32 Å². The van der Waals surface area contributed by atoms with E-state index in [0.29, 0.717) is 6.54 Å². The zero-order chi connectivity index (χ0) is 15.2. The van der Waals surface area contributed by atoms with E-state index in [4.69, 9.17) is 0 Å². The maximum absolute atomic E-state index is 4.68. The van der Waals surface area contributed by atoms with Crippen molar-refractivity contribution in [1.82, 2.24) is 15.2 Å². The molecule has 0 aliphatic carbocycles. The Morgan fingerprint density at radius 1 is 1.23 bits per heavy atom. The van der Waals surface area contributed by atoms with Gasteiger partial charge in [0.1, 0.15) is 5.01 Å². The van der Waals surface area contributed by atoms with Crippen LogP contribution in [0.2, 0.25) is 0 Å². The molecule has 0 fully saturated rings. The largest absolute Gasteiger partial charge is 0.357 e. The first-order valence-electron chi connectivity index (χ1n) is 6.66. The molecule has 0 saturated heterocycles. The van der Waals surface area contributed by atoms with Gasteiger partial charge in [-0.25, -0.2) is 4.98 Å². The summed E-state index contributed by atoms with van der Waals surface area (Å²) in [5, 5.41) is 15.4. The maximum Gasteiger partial charge on any atom is 0.206 e. The Kier molecular flexibility index (Phi) is 5.20. The molecule has 0 spiro atoms. The first kappa shape index (κ1) is 15.2. The van der Waals surface area contributed by atoms with Crippen LogP contribution >= 0.6 is 34.4 Å². The lowest BCUT2D eigenvalue weighted by Crippen LogP contribution is -1.96. The van der Waals surface area contributed by atoms with Crippen LogP contribution in [0, 0.1) is 0 Å². The van der Waals surface area contributed by atoms with Crippen molar-refractivity contribution in [3.63, 3.8) is 0 Å². The van der Waals surface area contributed by atoms with Crippen LogP contribution in [0.3, 0.4) is 0 Å². The number of hydrogen-bond donors (Lipinski definition) is 1.